The van der Waals surface area contributed by atoms with Crippen LogP contribution in [0.5, 0.6) is 0 Å². The highest BCUT2D eigenvalue weighted by atomic mass is 79.9. The summed E-state index contributed by atoms with van der Waals surface area (Å²) in [4.78, 5) is 5.02. The summed E-state index contributed by atoms with van der Waals surface area (Å²) < 4.78 is 3.39. The first-order valence-electron chi connectivity index (χ1n) is 8.83. The zero-order valence-electron chi connectivity index (χ0n) is 13.6. The van der Waals surface area contributed by atoms with E-state index in [1.54, 1.807) is 0 Å². The third-order valence-electron chi connectivity index (χ3n) is 5.55. The highest BCUT2D eigenvalue weighted by Gasteiger charge is 2.42. The van der Waals surface area contributed by atoms with E-state index in [0.29, 0.717) is 0 Å². The molecule has 4 heteroatoms. The van der Waals surface area contributed by atoms with Crippen molar-refractivity contribution >= 4 is 27.3 Å². The van der Waals surface area contributed by atoms with Gasteiger partial charge in [0.2, 0.25) is 0 Å². The summed E-state index contributed by atoms with van der Waals surface area (Å²) in [7, 11) is 0. The van der Waals surface area contributed by atoms with Crippen LogP contribution < -0.4 is 5.32 Å². The van der Waals surface area contributed by atoms with Crippen molar-refractivity contribution in [3.63, 3.8) is 0 Å². The Balaban J connectivity index is 1.85. The quantitative estimate of drug-likeness (QED) is 0.537. The Labute approximate surface area is 150 Å². The number of nitrogens with zero attached hydrogens (tertiary/aromatic N) is 2. The average Bonchev–Trinajstić information content (AvgIpc) is 2.83. The maximum atomic E-state index is 5.02. The number of anilines is 1. The van der Waals surface area contributed by atoms with E-state index >= 15 is 0 Å². The van der Waals surface area contributed by atoms with E-state index < -0.39 is 0 Å². The molecule has 0 radical (unpaired) electrons. The fraction of sp³-hybridized carbons (Fsp3) is 0.350. The number of hydrogen-bond acceptors (Lipinski definition) is 2. The van der Waals surface area contributed by atoms with Crippen molar-refractivity contribution < 1.29 is 0 Å². The predicted molar refractivity (Wildman–Crippen MR) is 101 cm³/mol. The number of aromatic nitrogens is 2. The van der Waals surface area contributed by atoms with Gasteiger partial charge >= 0.3 is 0 Å². The van der Waals surface area contributed by atoms with Crippen molar-refractivity contribution in [2.75, 3.05) is 5.32 Å². The molecule has 3 nitrogen and oxygen atoms in total. The molecule has 0 saturated heterocycles. The number of para-hydroxylation sites is 1. The molecule has 5 rings (SSSR count). The number of rotatable bonds is 0. The fourth-order valence-corrected chi connectivity index (χ4v) is 4.81. The lowest BCUT2D eigenvalue weighted by Gasteiger charge is -2.39. The van der Waals surface area contributed by atoms with E-state index in [-0.39, 0.29) is 5.54 Å². The van der Waals surface area contributed by atoms with Gasteiger partial charge in [0.1, 0.15) is 5.65 Å². The Morgan fingerprint density at radius 3 is 2.62 bits per heavy atom. The summed E-state index contributed by atoms with van der Waals surface area (Å²) in [6, 6.07) is 12.8. The highest BCUT2D eigenvalue weighted by molar-refractivity contribution is 9.10. The number of fused-ring (bicyclic) bond motifs is 6. The molecule has 0 amide bonds. The molecule has 1 spiro atoms. The van der Waals surface area contributed by atoms with Crippen LogP contribution in [-0.4, -0.2) is 9.38 Å². The van der Waals surface area contributed by atoms with Crippen LogP contribution in [0.15, 0.2) is 47.1 Å². The third-order valence-corrected chi connectivity index (χ3v) is 6.02. The molecule has 1 aliphatic carbocycles. The number of imidazole rings is 1. The standard InChI is InChI=1S/C20H20BrN3/c21-14-9-10-17-22-18-15-7-3-4-8-16(15)23-20(19(18)24(17)13-14)11-5-1-2-6-12-20/h3-4,7-10,13,23H,1-2,5-6,11-12H2. The maximum absolute atomic E-state index is 5.02. The fourth-order valence-electron chi connectivity index (χ4n) is 4.47. The first-order valence-corrected chi connectivity index (χ1v) is 9.62. The molecule has 2 aromatic heterocycles. The van der Waals surface area contributed by atoms with Crippen LogP contribution in [0.25, 0.3) is 16.9 Å². The maximum Gasteiger partial charge on any atom is 0.137 e. The summed E-state index contributed by atoms with van der Waals surface area (Å²) in [5.74, 6) is 0. The van der Waals surface area contributed by atoms with Crippen LogP contribution in [0.2, 0.25) is 0 Å². The van der Waals surface area contributed by atoms with E-state index in [9.17, 15) is 0 Å². The normalized spacial score (nSPS) is 18.7. The van der Waals surface area contributed by atoms with E-state index in [4.69, 9.17) is 4.98 Å². The number of nitrogens with one attached hydrogen (secondary N) is 1. The van der Waals surface area contributed by atoms with E-state index in [2.05, 4.69) is 68.2 Å². The van der Waals surface area contributed by atoms with E-state index in [0.717, 1.165) is 15.8 Å². The minimum absolute atomic E-state index is 0.000394. The molecule has 1 N–H and O–H groups in total. The Bertz CT molecular complexity index is 920. The van der Waals surface area contributed by atoms with Crippen molar-refractivity contribution in [3.05, 3.63) is 52.8 Å². The number of hydrogen-bond donors (Lipinski definition) is 1. The van der Waals surface area contributed by atoms with Gasteiger partial charge in [-0.25, -0.2) is 4.98 Å². The molecule has 0 bridgehead atoms. The molecule has 24 heavy (non-hydrogen) atoms. The topological polar surface area (TPSA) is 29.3 Å². The Morgan fingerprint density at radius 2 is 1.79 bits per heavy atom. The van der Waals surface area contributed by atoms with E-state index in [1.807, 2.05) is 0 Å². The predicted octanol–water partition coefficient (Wildman–Crippen LogP) is 5.74. The lowest BCUT2D eigenvalue weighted by atomic mass is 9.81. The van der Waals surface area contributed by atoms with Crippen molar-refractivity contribution in [1.82, 2.24) is 9.38 Å². The number of pyridine rings is 1. The average molecular weight is 382 g/mol. The van der Waals surface area contributed by atoms with Gasteiger partial charge < -0.3 is 5.32 Å². The van der Waals surface area contributed by atoms with Crippen LogP contribution in [0.4, 0.5) is 5.69 Å². The Hall–Kier alpha value is -1.81. The lowest BCUT2D eigenvalue weighted by Crippen LogP contribution is -2.39. The monoisotopic (exact) mass is 381 g/mol. The molecule has 1 saturated carbocycles. The van der Waals surface area contributed by atoms with Crippen molar-refractivity contribution in [3.8, 4) is 11.3 Å². The number of benzene rings is 1. The second-order valence-electron chi connectivity index (χ2n) is 7.05. The lowest BCUT2D eigenvalue weighted by molar-refractivity contribution is 0.408. The highest BCUT2D eigenvalue weighted by Crippen LogP contribution is 2.49. The molecule has 1 aromatic carbocycles. The molecule has 3 heterocycles. The van der Waals surface area contributed by atoms with Gasteiger partial charge in [-0.15, -0.1) is 0 Å². The van der Waals surface area contributed by atoms with Gasteiger partial charge in [0.05, 0.1) is 16.9 Å². The third kappa shape index (κ3) is 2.05. The first-order chi connectivity index (χ1) is 11.8. The molecule has 1 aliphatic heterocycles. The Kier molecular flexibility index (Phi) is 3.24. The summed E-state index contributed by atoms with van der Waals surface area (Å²) in [5, 5.41) is 3.93. The van der Waals surface area contributed by atoms with Gasteiger partial charge in [-0.2, -0.15) is 0 Å². The molecular formula is C20H20BrN3. The largest absolute Gasteiger partial charge is 0.373 e. The second-order valence-corrected chi connectivity index (χ2v) is 7.97. The van der Waals surface area contributed by atoms with Gasteiger partial charge in [0, 0.05) is 21.9 Å². The molecule has 1 fully saturated rings. The van der Waals surface area contributed by atoms with Crippen LogP contribution in [0.1, 0.15) is 44.2 Å². The second kappa shape index (κ2) is 5.35. The van der Waals surface area contributed by atoms with Crippen molar-refractivity contribution in [2.45, 2.75) is 44.1 Å². The van der Waals surface area contributed by atoms with Gasteiger partial charge in [0.25, 0.3) is 0 Å². The Morgan fingerprint density at radius 1 is 1.00 bits per heavy atom. The molecule has 122 valence electrons. The van der Waals surface area contributed by atoms with Crippen LogP contribution in [0.3, 0.4) is 0 Å². The molecule has 2 aliphatic rings. The minimum atomic E-state index is 0.000394. The SMILES string of the molecule is Brc1ccc2nc3c(n2c1)C1(CCCCCC1)Nc1ccccc1-3. The van der Waals surface area contributed by atoms with Gasteiger partial charge in [0.15, 0.2) is 0 Å². The zero-order chi connectivity index (χ0) is 16.1. The molecule has 0 atom stereocenters. The van der Waals surface area contributed by atoms with Crippen molar-refractivity contribution in [2.24, 2.45) is 0 Å². The van der Waals surface area contributed by atoms with Crippen molar-refractivity contribution in [1.29, 1.82) is 0 Å². The zero-order valence-corrected chi connectivity index (χ0v) is 15.1. The summed E-state index contributed by atoms with van der Waals surface area (Å²) in [6.07, 6.45) is 9.74. The van der Waals surface area contributed by atoms with Gasteiger partial charge in [-0.05, 0) is 47.0 Å². The van der Waals surface area contributed by atoms with Crippen LogP contribution >= 0.6 is 15.9 Å². The van der Waals surface area contributed by atoms with Crippen LogP contribution in [0, 0.1) is 0 Å². The van der Waals surface area contributed by atoms with Gasteiger partial charge in [-0.3, -0.25) is 4.40 Å². The first kappa shape index (κ1) is 14.5. The summed E-state index contributed by atoms with van der Waals surface area (Å²) >= 11 is 3.64. The molecule has 0 unspecified atom stereocenters. The molecule has 3 aromatic rings. The van der Waals surface area contributed by atoms with Crippen LogP contribution in [-0.2, 0) is 5.54 Å². The minimum Gasteiger partial charge on any atom is -0.373 e. The summed E-state index contributed by atoms with van der Waals surface area (Å²) in [5.41, 5.74) is 5.99. The number of halogens is 1. The van der Waals surface area contributed by atoms with Gasteiger partial charge in [-0.1, -0.05) is 43.9 Å². The molecular weight excluding hydrogens is 362 g/mol. The smallest absolute Gasteiger partial charge is 0.137 e. The van der Waals surface area contributed by atoms with E-state index in [1.165, 1.54) is 55.5 Å². The summed E-state index contributed by atoms with van der Waals surface area (Å²) in [6.45, 7) is 0.